The van der Waals surface area contributed by atoms with Gasteiger partial charge in [0.2, 0.25) is 0 Å². The Morgan fingerprint density at radius 3 is 2.47 bits per heavy atom. The molecule has 0 amide bonds. The number of rotatable bonds is 5. The van der Waals surface area contributed by atoms with Gasteiger partial charge in [-0.25, -0.2) is 0 Å². The smallest absolute Gasteiger partial charge is 0.0180 e. The lowest BCUT2D eigenvalue weighted by Gasteiger charge is -2.25. The number of hydrogen-bond donors (Lipinski definition) is 2. The van der Waals surface area contributed by atoms with Crippen LogP contribution >= 0.6 is 0 Å². The van der Waals surface area contributed by atoms with Gasteiger partial charge in [-0.15, -0.1) is 0 Å². The first-order chi connectivity index (χ1) is 8.23. The molecule has 17 heavy (non-hydrogen) atoms. The molecule has 1 saturated carbocycles. The van der Waals surface area contributed by atoms with Crippen LogP contribution in [-0.4, -0.2) is 12.1 Å². The number of nitrogens with one attached hydrogen (secondary N) is 1. The quantitative estimate of drug-likeness (QED) is 0.819. The van der Waals surface area contributed by atoms with Crippen molar-refractivity contribution in [1.82, 2.24) is 5.32 Å². The Labute approximate surface area is 105 Å². The van der Waals surface area contributed by atoms with Crippen molar-refractivity contribution in [2.45, 2.75) is 51.1 Å². The zero-order valence-corrected chi connectivity index (χ0v) is 10.8. The summed E-state index contributed by atoms with van der Waals surface area (Å²) in [5.41, 5.74) is 8.81. The lowest BCUT2D eigenvalue weighted by Crippen LogP contribution is -2.40. The lowest BCUT2D eigenvalue weighted by atomic mass is 9.99. The average Bonchev–Trinajstić information content (AvgIpc) is 2.77. The Hall–Kier alpha value is -0.860. The number of benzene rings is 1. The highest BCUT2D eigenvalue weighted by Gasteiger charge is 2.27. The molecule has 0 bridgehead atoms. The minimum Gasteiger partial charge on any atom is -0.326 e. The van der Waals surface area contributed by atoms with E-state index in [1.165, 1.54) is 36.8 Å². The van der Waals surface area contributed by atoms with E-state index in [0.717, 1.165) is 13.0 Å². The van der Waals surface area contributed by atoms with Crippen LogP contribution in [0.15, 0.2) is 24.3 Å². The first-order valence-electron chi connectivity index (χ1n) is 6.75. The Morgan fingerprint density at radius 2 is 1.82 bits per heavy atom. The van der Waals surface area contributed by atoms with E-state index in [2.05, 4.69) is 36.5 Å². The monoisotopic (exact) mass is 232 g/mol. The molecule has 1 aromatic rings. The van der Waals surface area contributed by atoms with Crippen molar-refractivity contribution < 1.29 is 0 Å². The van der Waals surface area contributed by atoms with Crippen molar-refractivity contribution in [1.29, 1.82) is 0 Å². The van der Waals surface area contributed by atoms with Crippen molar-refractivity contribution in [3.05, 3.63) is 35.4 Å². The van der Waals surface area contributed by atoms with E-state index in [-0.39, 0.29) is 0 Å². The van der Waals surface area contributed by atoms with Gasteiger partial charge in [0, 0.05) is 12.1 Å². The summed E-state index contributed by atoms with van der Waals surface area (Å²) in [6.07, 6.45) is 6.49. The molecule has 2 nitrogen and oxygen atoms in total. The SMILES string of the molecule is CC1(NCCc2ccccc2CN)CCCC1. The van der Waals surface area contributed by atoms with Crippen LogP contribution in [0.3, 0.4) is 0 Å². The highest BCUT2D eigenvalue weighted by Crippen LogP contribution is 2.28. The maximum Gasteiger partial charge on any atom is 0.0180 e. The minimum absolute atomic E-state index is 0.387. The van der Waals surface area contributed by atoms with Gasteiger partial charge in [0.1, 0.15) is 0 Å². The lowest BCUT2D eigenvalue weighted by molar-refractivity contribution is 0.367. The molecule has 1 aliphatic rings. The van der Waals surface area contributed by atoms with Crippen LogP contribution in [-0.2, 0) is 13.0 Å². The molecule has 0 atom stereocenters. The maximum atomic E-state index is 5.75. The summed E-state index contributed by atoms with van der Waals surface area (Å²) in [4.78, 5) is 0. The number of hydrogen-bond acceptors (Lipinski definition) is 2. The van der Waals surface area contributed by atoms with Crippen molar-refractivity contribution in [2.24, 2.45) is 5.73 Å². The summed E-state index contributed by atoms with van der Waals surface area (Å²) in [7, 11) is 0. The molecular formula is C15H24N2. The van der Waals surface area contributed by atoms with Crippen LogP contribution in [0.5, 0.6) is 0 Å². The summed E-state index contributed by atoms with van der Waals surface area (Å²) in [5.74, 6) is 0. The van der Waals surface area contributed by atoms with Crippen molar-refractivity contribution in [3.8, 4) is 0 Å². The fourth-order valence-corrected chi connectivity index (χ4v) is 2.83. The standard InChI is InChI=1S/C15H24N2/c1-15(9-4-5-10-15)17-11-8-13-6-2-3-7-14(13)12-16/h2-3,6-7,17H,4-5,8-12,16H2,1H3. The predicted molar refractivity (Wildman–Crippen MR) is 72.9 cm³/mol. The van der Waals surface area contributed by atoms with E-state index >= 15 is 0 Å². The summed E-state index contributed by atoms with van der Waals surface area (Å²) in [6.45, 7) is 4.07. The van der Waals surface area contributed by atoms with E-state index in [1.54, 1.807) is 0 Å². The highest BCUT2D eigenvalue weighted by atomic mass is 15.0. The van der Waals surface area contributed by atoms with Gasteiger partial charge in [0.05, 0.1) is 0 Å². The van der Waals surface area contributed by atoms with E-state index in [4.69, 9.17) is 5.73 Å². The maximum absolute atomic E-state index is 5.75. The fourth-order valence-electron chi connectivity index (χ4n) is 2.83. The van der Waals surface area contributed by atoms with Gasteiger partial charge in [-0.05, 0) is 43.9 Å². The third-order valence-corrected chi connectivity index (χ3v) is 3.99. The second kappa shape index (κ2) is 5.65. The topological polar surface area (TPSA) is 38.0 Å². The Bertz CT molecular complexity index is 354. The molecule has 0 aliphatic heterocycles. The molecule has 0 spiro atoms. The van der Waals surface area contributed by atoms with Crippen LogP contribution in [0.25, 0.3) is 0 Å². The molecule has 94 valence electrons. The first kappa shape index (κ1) is 12.6. The third kappa shape index (κ3) is 3.30. The summed E-state index contributed by atoms with van der Waals surface area (Å²) in [5, 5.41) is 3.72. The Morgan fingerprint density at radius 1 is 1.18 bits per heavy atom. The normalized spacial score (nSPS) is 18.5. The van der Waals surface area contributed by atoms with E-state index in [1.807, 2.05) is 0 Å². The molecule has 0 heterocycles. The van der Waals surface area contributed by atoms with Crippen molar-refractivity contribution >= 4 is 0 Å². The minimum atomic E-state index is 0.387. The third-order valence-electron chi connectivity index (χ3n) is 3.99. The Balaban J connectivity index is 1.85. The van der Waals surface area contributed by atoms with Gasteiger partial charge in [0.25, 0.3) is 0 Å². The molecular weight excluding hydrogens is 208 g/mol. The molecule has 0 radical (unpaired) electrons. The molecule has 1 aliphatic carbocycles. The second-order valence-electron chi connectivity index (χ2n) is 5.42. The summed E-state index contributed by atoms with van der Waals surface area (Å²) >= 11 is 0. The van der Waals surface area contributed by atoms with Gasteiger partial charge in [0.15, 0.2) is 0 Å². The van der Waals surface area contributed by atoms with E-state index < -0.39 is 0 Å². The van der Waals surface area contributed by atoms with Gasteiger partial charge < -0.3 is 11.1 Å². The fraction of sp³-hybridized carbons (Fsp3) is 0.600. The van der Waals surface area contributed by atoms with Gasteiger partial charge in [-0.1, -0.05) is 37.1 Å². The van der Waals surface area contributed by atoms with Crippen molar-refractivity contribution in [2.75, 3.05) is 6.54 Å². The Kier molecular flexibility index (Phi) is 4.19. The van der Waals surface area contributed by atoms with Crippen LogP contribution in [0, 0.1) is 0 Å². The molecule has 2 heteroatoms. The van der Waals surface area contributed by atoms with Crippen LogP contribution in [0.1, 0.15) is 43.7 Å². The molecule has 2 rings (SSSR count). The summed E-state index contributed by atoms with van der Waals surface area (Å²) < 4.78 is 0. The predicted octanol–water partition coefficient (Wildman–Crippen LogP) is 2.61. The number of nitrogens with two attached hydrogens (primary N) is 1. The zero-order valence-electron chi connectivity index (χ0n) is 10.8. The van der Waals surface area contributed by atoms with Gasteiger partial charge in [-0.3, -0.25) is 0 Å². The molecule has 3 N–H and O–H groups in total. The zero-order chi connectivity index (χ0) is 12.1. The molecule has 0 saturated heterocycles. The van der Waals surface area contributed by atoms with Gasteiger partial charge >= 0.3 is 0 Å². The van der Waals surface area contributed by atoms with Gasteiger partial charge in [-0.2, -0.15) is 0 Å². The molecule has 1 aromatic carbocycles. The average molecular weight is 232 g/mol. The second-order valence-corrected chi connectivity index (χ2v) is 5.42. The molecule has 0 unspecified atom stereocenters. The van der Waals surface area contributed by atoms with Crippen LogP contribution in [0.4, 0.5) is 0 Å². The van der Waals surface area contributed by atoms with E-state index in [0.29, 0.717) is 12.1 Å². The van der Waals surface area contributed by atoms with Crippen molar-refractivity contribution in [3.63, 3.8) is 0 Å². The van der Waals surface area contributed by atoms with E-state index in [9.17, 15) is 0 Å². The van der Waals surface area contributed by atoms with Crippen LogP contribution < -0.4 is 11.1 Å². The molecule has 0 aromatic heterocycles. The van der Waals surface area contributed by atoms with Crippen LogP contribution in [0.2, 0.25) is 0 Å². The largest absolute Gasteiger partial charge is 0.326 e. The first-order valence-corrected chi connectivity index (χ1v) is 6.75. The molecule has 1 fully saturated rings. The highest BCUT2D eigenvalue weighted by molar-refractivity contribution is 5.27. The summed E-state index contributed by atoms with van der Waals surface area (Å²) in [6, 6.07) is 8.50.